The monoisotopic (exact) mass is 360 g/mol. The zero-order valence-electron chi connectivity index (χ0n) is 16.1. The number of halogens is 1. The van der Waals surface area contributed by atoms with E-state index >= 15 is 0 Å². The van der Waals surface area contributed by atoms with Gasteiger partial charge in [-0.15, -0.1) is 0 Å². The predicted molar refractivity (Wildman–Crippen MR) is 103 cm³/mol. The van der Waals surface area contributed by atoms with Gasteiger partial charge in [0.15, 0.2) is 0 Å². The SMILES string of the molecule is CCN(C[C@H]1CCCN(CCc2cccc(F)c2)C1)C(=O)C1CCCC1. The Balaban J connectivity index is 1.48. The van der Waals surface area contributed by atoms with Gasteiger partial charge < -0.3 is 9.80 Å². The Morgan fingerprint density at radius 2 is 2.04 bits per heavy atom. The molecule has 1 aliphatic heterocycles. The van der Waals surface area contributed by atoms with Crippen LogP contribution in [0.5, 0.6) is 0 Å². The van der Waals surface area contributed by atoms with E-state index in [9.17, 15) is 9.18 Å². The molecule has 1 aliphatic carbocycles. The molecule has 0 spiro atoms. The summed E-state index contributed by atoms with van der Waals surface area (Å²) in [6.45, 7) is 7.00. The quantitative estimate of drug-likeness (QED) is 0.730. The number of rotatable bonds is 7. The van der Waals surface area contributed by atoms with Crippen molar-refractivity contribution in [3.8, 4) is 0 Å². The predicted octanol–water partition coefficient (Wildman–Crippen LogP) is 4.12. The van der Waals surface area contributed by atoms with Crippen LogP contribution in [0.2, 0.25) is 0 Å². The molecular weight excluding hydrogens is 327 g/mol. The number of nitrogens with zero attached hydrogens (tertiary/aromatic N) is 2. The van der Waals surface area contributed by atoms with E-state index in [0.717, 1.165) is 57.5 Å². The summed E-state index contributed by atoms with van der Waals surface area (Å²) in [5, 5.41) is 0. The molecule has 1 aromatic carbocycles. The number of carbonyl (C=O) groups is 1. The van der Waals surface area contributed by atoms with Gasteiger partial charge >= 0.3 is 0 Å². The number of hydrogen-bond donors (Lipinski definition) is 0. The highest BCUT2D eigenvalue weighted by Gasteiger charge is 2.29. The molecule has 0 unspecified atom stereocenters. The number of benzene rings is 1. The lowest BCUT2D eigenvalue weighted by molar-refractivity contribution is -0.136. The van der Waals surface area contributed by atoms with Crippen LogP contribution in [0, 0.1) is 17.7 Å². The average Bonchev–Trinajstić information content (AvgIpc) is 3.19. The average molecular weight is 361 g/mol. The Bertz CT molecular complexity index is 585. The Morgan fingerprint density at radius 3 is 2.77 bits per heavy atom. The highest BCUT2D eigenvalue weighted by molar-refractivity contribution is 5.79. The first-order chi connectivity index (χ1) is 12.7. The number of carbonyl (C=O) groups excluding carboxylic acids is 1. The molecule has 0 aromatic heterocycles. The molecule has 1 amide bonds. The van der Waals surface area contributed by atoms with Crippen molar-refractivity contribution >= 4 is 5.91 Å². The van der Waals surface area contributed by atoms with E-state index in [0.29, 0.717) is 11.8 Å². The van der Waals surface area contributed by atoms with Crippen molar-refractivity contribution in [1.82, 2.24) is 9.80 Å². The Morgan fingerprint density at radius 1 is 1.23 bits per heavy atom. The van der Waals surface area contributed by atoms with Crippen LogP contribution in [0.1, 0.15) is 51.0 Å². The molecule has 1 atom stereocenters. The van der Waals surface area contributed by atoms with Crippen molar-refractivity contribution in [2.24, 2.45) is 11.8 Å². The van der Waals surface area contributed by atoms with Gasteiger partial charge in [-0.3, -0.25) is 4.79 Å². The molecule has 1 heterocycles. The Kier molecular flexibility index (Phi) is 7.07. The molecule has 3 rings (SSSR count). The third-order valence-corrected chi connectivity index (χ3v) is 6.09. The summed E-state index contributed by atoms with van der Waals surface area (Å²) >= 11 is 0. The molecule has 1 saturated heterocycles. The van der Waals surface area contributed by atoms with Gasteiger partial charge in [0.25, 0.3) is 0 Å². The maximum atomic E-state index is 13.3. The van der Waals surface area contributed by atoms with Crippen molar-refractivity contribution in [1.29, 1.82) is 0 Å². The van der Waals surface area contributed by atoms with E-state index in [4.69, 9.17) is 0 Å². The molecule has 0 N–H and O–H groups in total. The number of amides is 1. The third kappa shape index (κ3) is 5.29. The van der Waals surface area contributed by atoms with E-state index < -0.39 is 0 Å². The highest BCUT2D eigenvalue weighted by atomic mass is 19.1. The molecule has 144 valence electrons. The van der Waals surface area contributed by atoms with Crippen molar-refractivity contribution in [3.05, 3.63) is 35.6 Å². The maximum absolute atomic E-state index is 13.3. The summed E-state index contributed by atoms with van der Waals surface area (Å²) in [4.78, 5) is 17.4. The first-order valence-electron chi connectivity index (χ1n) is 10.4. The zero-order valence-corrected chi connectivity index (χ0v) is 16.1. The van der Waals surface area contributed by atoms with E-state index in [1.807, 2.05) is 6.07 Å². The zero-order chi connectivity index (χ0) is 18.4. The third-order valence-electron chi connectivity index (χ3n) is 6.09. The number of hydrogen-bond acceptors (Lipinski definition) is 2. The van der Waals surface area contributed by atoms with Gasteiger partial charge in [-0.05, 0) is 69.2 Å². The molecule has 1 saturated carbocycles. The fraction of sp³-hybridized carbons (Fsp3) is 0.682. The summed E-state index contributed by atoms with van der Waals surface area (Å²) in [5.74, 6) is 1.09. The molecule has 1 aromatic rings. The molecule has 2 aliphatic rings. The fourth-order valence-electron chi connectivity index (χ4n) is 4.60. The first-order valence-corrected chi connectivity index (χ1v) is 10.4. The second-order valence-electron chi connectivity index (χ2n) is 8.05. The number of piperidine rings is 1. The highest BCUT2D eigenvalue weighted by Crippen LogP contribution is 2.27. The van der Waals surface area contributed by atoms with E-state index in [1.54, 1.807) is 12.1 Å². The second kappa shape index (κ2) is 9.50. The van der Waals surface area contributed by atoms with Crippen LogP contribution in [-0.2, 0) is 11.2 Å². The van der Waals surface area contributed by atoms with Crippen LogP contribution < -0.4 is 0 Å². The van der Waals surface area contributed by atoms with E-state index in [1.165, 1.54) is 31.7 Å². The van der Waals surface area contributed by atoms with Gasteiger partial charge in [0.1, 0.15) is 5.82 Å². The fourth-order valence-corrected chi connectivity index (χ4v) is 4.60. The van der Waals surface area contributed by atoms with Crippen molar-refractivity contribution in [2.75, 3.05) is 32.7 Å². The molecule has 4 heteroatoms. The standard InChI is InChI=1S/C22H33FN2O/c1-2-25(22(26)20-9-3-4-10-20)17-19-8-6-13-24(16-19)14-12-18-7-5-11-21(23)15-18/h5,7,11,15,19-20H,2-4,6,8-10,12-14,16-17H2,1H3/t19-/m0/s1. The van der Waals surface area contributed by atoms with Crippen molar-refractivity contribution < 1.29 is 9.18 Å². The lowest BCUT2D eigenvalue weighted by Crippen LogP contribution is -2.44. The van der Waals surface area contributed by atoms with E-state index in [-0.39, 0.29) is 11.7 Å². The van der Waals surface area contributed by atoms with Gasteiger partial charge in [-0.25, -0.2) is 4.39 Å². The molecule has 26 heavy (non-hydrogen) atoms. The molecule has 0 bridgehead atoms. The molecule has 0 radical (unpaired) electrons. The summed E-state index contributed by atoms with van der Waals surface area (Å²) in [7, 11) is 0. The summed E-state index contributed by atoms with van der Waals surface area (Å²) in [6, 6.07) is 6.93. The van der Waals surface area contributed by atoms with Gasteiger partial charge in [0, 0.05) is 32.1 Å². The minimum absolute atomic E-state index is 0.150. The molecule has 3 nitrogen and oxygen atoms in total. The topological polar surface area (TPSA) is 23.6 Å². The largest absolute Gasteiger partial charge is 0.342 e. The summed E-state index contributed by atoms with van der Waals surface area (Å²) in [5.41, 5.74) is 1.07. The normalized spacial score (nSPS) is 21.8. The van der Waals surface area contributed by atoms with Crippen molar-refractivity contribution in [3.63, 3.8) is 0 Å². The summed E-state index contributed by atoms with van der Waals surface area (Å²) < 4.78 is 13.3. The van der Waals surface area contributed by atoms with Gasteiger partial charge in [-0.2, -0.15) is 0 Å². The van der Waals surface area contributed by atoms with Gasteiger partial charge in [-0.1, -0.05) is 25.0 Å². The molecular formula is C22H33FN2O. The number of likely N-dealkylation sites (tertiary alicyclic amines) is 1. The van der Waals surface area contributed by atoms with Crippen LogP contribution >= 0.6 is 0 Å². The first kappa shape index (κ1) is 19.3. The summed E-state index contributed by atoms with van der Waals surface area (Å²) in [6.07, 6.45) is 7.90. The van der Waals surface area contributed by atoms with Crippen LogP contribution in [0.15, 0.2) is 24.3 Å². The van der Waals surface area contributed by atoms with Crippen LogP contribution in [0.25, 0.3) is 0 Å². The van der Waals surface area contributed by atoms with Gasteiger partial charge in [0.2, 0.25) is 5.91 Å². The smallest absolute Gasteiger partial charge is 0.225 e. The minimum atomic E-state index is -0.150. The van der Waals surface area contributed by atoms with Gasteiger partial charge in [0.05, 0.1) is 0 Å². The maximum Gasteiger partial charge on any atom is 0.225 e. The Hall–Kier alpha value is -1.42. The lowest BCUT2D eigenvalue weighted by atomic mass is 9.96. The Labute approximate surface area is 157 Å². The van der Waals surface area contributed by atoms with Crippen LogP contribution in [0.3, 0.4) is 0 Å². The van der Waals surface area contributed by atoms with Crippen LogP contribution in [0.4, 0.5) is 4.39 Å². The van der Waals surface area contributed by atoms with Crippen LogP contribution in [-0.4, -0.2) is 48.4 Å². The molecule has 2 fully saturated rings. The van der Waals surface area contributed by atoms with E-state index in [2.05, 4.69) is 16.7 Å². The lowest BCUT2D eigenvalue weighted by Gasteiger charge is -2.36. The second-order valence-corrected chi connectivity index (χ2v) is 8.05. The minimum Gasteiger partial charge on any atom is -0.342 e. The van der Waals surface area contributed by atoms with Crippen molar-refractivity contribution in [2.45, 2.75) is 51.9 Å².